The second kappa shape index (κ2) is 10.3. The molecule has 0 saturated carbocycles. The Balaban J connectivity index is 1.61. The number of pyridine rings is 1. The van der Waals surface area contributed by atoms with E-state index in [0.29, 0.717) is 29.4 Å². The van der Waals surface area contributed by atoms with Crippen molar-refractivity contribution in [3.8, 4) is 0 Å². The standard InChI is InChI=1S/C22H27ClN4O2/c1-2-7-20(28)26-18-9-6-8-16(12-18)14-24-21-19(23)13-17(15-25-21)22(29)27-10-4-3-5-11-27/h6,8-9,12-13,15H,2-5,7,10-11,14H2,1H3,(H,24,25)(H,26,28). The van der Waals surface area contributed by atoms with Gasteiger partial charge in [-0.05, 0) is 49.4 Å². The summed E-state index contributed by atoms with van der Waals surface area (Å²) >= 11 is 6.36. The smallest absolute Gasteiger partial charge is 0.255 e. The van der Waals surface area contributed by atoms with Crippen molar-refractivity contribution in [1.29, 1.82) is 0 Å². The van der Waals surface area contributed by atoms with E-state index >= 15 is 0 Å². The maximum absolute atomic E-state index is 12.6. The molecule has 0 spiro atoms. The number of nitrogens with zero attached hydrogens (tertiary/aromatic N) is 2. The van der Waals surface area contributed by atoms with Crippen molar-refractivity contribution < 1.29 is 9.59 Å². The number of likely N-dealkylation sites (tertiary alicyclic amines) is 1. The number of aromatic nitrogens is 1. The van der Waals surface area contributed by atoms with Crippen molar-refractivity contribution >= 4 is 34.9 Å². The van der Waals surface area contributed by atoms with Gasteiger partial charge < -0.3 is 15.5 Å². The minimum absolute atomic E-state index is 0.0104. The van der Waals surface area contributed by atoms with E-state index in [9.17, 15) is 9.59 Å². The van der Waals surface area contributed by atoms with E-state index in [2.05, 4.69) is 15.6 Å². The van der Waals surface area contributed by atoms with Crippen molar-refractivity contribution in [2.24, 2.45) is 0 Å². The van der Waals surface area contributed by atoms with Gasteiger partial charge in [0.2, 0.25) is 5.91 Å². The minimum atomic E-state index is -0.0128. The van der Waals surface area contributed by atoms with E-state index < -0.39 is 0 Å². The molecular weight excluding hydrogens is 388 g/mol. The Morgan fingerprint density at radius 3 is 2.69 bits per heavy atom. The number of hydrogen-bond donors (Lipinski definition) is 2. The molecule has 6 nitrogen and oxygen atoms in total. The van der Waals surface area contributed by atoms with Crippen LogP contribution in [0.15, 0.2) is 36.5 Å². The number of hydrogen-bond acceptors (Lipinski definition) is 4. The van der Waals surface area contributed by atoms with Crippen LogP contribution in [0.3, 0.4) is 0 Å². The molecular formula is C22H27ClN4O2. The summed E-state index contributed by atoms with van der Waals surface area (Å²) in [5, 5.41) is 6.51. The Bertz CT molecular complexity index is 866. The zero-order chi connectivity index (χ0) is 20.6. The number of carbonyl (C=O) groups excluding carboxylic acids is 2. The van der Waals surface area contributed by atoms with Crippen LogP contribution in [0.2, 0.25) is 5.02 Å². The maximum atomic E-state index is 12.6. The fourth-order valence-electron chi connectivity index (χ4n) is 3.36. The number of piperidine rings is 1. The summed E-state index contributed by atoms with van der Waals surface area (Å²) < 4.78 is 0. The number of anilines is 2. The topological polar surface area (TPSA) is 74.3 Å². The van der Waals surface area contributed by atoms with Crippen LogP contribution in [0.25, 0.3) is 0 Å². The van der Waals surface area contributed by atoms with Gasteiger partial charge in [-0.3, -0.25) is 9.59 Å². The summed E-state index contributed by atoms with van der Waals surface area (Å²) in [6.07, 6.45) is 6.16. The van der Waals surface area contributed by atoms with Crippen LogP contribution >= 0.6 is 11.6 Å². The lowest BCUT2D eigenvalue weighted by Crippen LogP contribution is -2.35. The van der Waals surface area contributed by atoms with Crippen molar-refractivity contribution in [3.05, 3.63) is 52.7 Å². The summed E-state index contributed by atoms with van der Waals surface area (Å²) in [5.74, 6) is 0.528. The molecule has 2 heterocycles. The van der Waals surface area contributed by atoms with Crippen LogP contribution in [-0.2, 0) is 11.3 Å². The SMILES string of the molecule is CCCC(=O)Nc1cccc(CNc2ncc(C(=O)N3CCCCC3)cc2Cl)c1. The highest BCUT2D eigenvalue weighted by atomic mass is 35.5. The fraction of sp³-hybridized carbons (Fsp3) is 0.409. The Labute approximate surface area is 176 Å². The predicted octanol–water partition coefficient (Wildman–Crippen LogP) is 4.71. The van der Waals surface area contributed by atoms with E-state index in [-0.39, 0.29) is 11.8 Å². The zero-order valence-electron chi connectivity index (χ0n) is 16.7. The van der Waals surface area contributed by atoms with Gasteiger partial charge in [0, 0.05) is 37.9 Å². The van der Waals surface area contributed by atoms with Gasteiger partial charge in [-0.25, -0.2) is 4.98 Å². The maximum Gasteiger partial charge on any atom is 0.255 e. The van der Waals surface area contributed by atoms with Gasteiger partial charge >= 0.3 is 0 Å². The van der Waals surface area contributed by atoms with E-state index in [1.807, 2.05) is 36.1 Å². The predicted molar refractivity (Wildman–Crippen MR) is 116 cm³/mol. The van der Waals surface area contributed by atoms with E-state index in [1.54, 1.807) is 12.3 Å². The molecule has 0 radical (unpaired) electrons. The minimum Gasteiger partial charge on any atom is -0.365 e. The van der Waals surface area contributed by atoms with Crippen molar-refractivity contribution in [2.75, 3.05) is 23.7 Å². The van der Waals surface area contributed by atoms with E-state index in [4.69, 9.17) is 11.6 Å². The zero-order valence-corrected chi connectivity index (χ0v) is 17.5. The molecule has 1 aromatic heterocycles. The highest BCUT2D eigenvalue weighted by Crippen LogP contribution is 2.23. The summed E-state index contributed by atoms with van der Waals surface area (Å²) in [6.45, 7) is 4.06. The third-order valence-corrected chi connectivity index (χ3v) is 5.17. The molecule has 2 N–H and O–H groups in total. The van der Waals surface area contributed by atoms with Crippen LogP contribution in [-0.4, -0.2) is 34.8 Å². The van der Waals surface area contributed by atoms with Gasteiger partial charge in [-0.2, -0.15) is 0 Å². The average molecular weight is 415 g/mol. The average Bonchev–Trinajstić information content (AvgIpc) is 2.73. The quantitative estimate of drug-likeness (QED) is 0.687. The molecule has 1 saturated heterocycles. The van der Waals surface area contributed by atoms with Crippen molar-refractivity contribution in [1.82, 2.24) is 9.88 Å². The molecule has 0 unspecified atom stereocenters. The third-order valence-electron chi connectivity index (χ3n) is 4.88. The largest absolute Gasteiger partial charge is 0.365 e. The molecule has 0 bridgehead atoms. The van der Waals surface area contributed by atoms with Gasteiger partial charge in [0.25, 0.3) is 5.91 Å². The Morgan fingerprint density at radius 1 is 1.17 bits per heavy atom. The lowest BCUT2D eigenvalue weighted by molar-refractivity contribution is -0.116. The number of nitrogens with one attached hydrogen (secondary N) is 2. The Morgan fingerprint density at radius 2 is 1.97 bits per heavy atom. The normalized spacial score (nSPS) is 13.8. The van der Waals surface area contributed by atoms with E-state index in [0.717, 1.165) is 43.6 Å². The molecule has 29 heavy (non-hydrogen) atoms. The third kappa shape index (κ3) is 5.94. The number of halogens is 1. The lowest BCUT2D eigenvalue weighted by Gasteiger charge is -2.26. The summed E-state index contributed by atoms with van der Waals surface area (Å²) in [7, 11) is 0. The summed E-state index contributed by atoms with van der Waals surface area (Å²) in [5.41, 5.74) is 2.28. The molecule has 0 atom stereocenters. The lowest BCUT2D eigenvalue weighted by atomic mass is 10.1. The summed E-state index contributed by atoms with van der Waals surface area (Å²) in [6, 6.07) is 9.32. The Hall–Kier alpha value is -2.60. The van der Waals surface area contributed by atoms with Crippen LogP contribution in [0.1, 0.15) is 54.9 Å². The van der Waals surface area contributed by atoms with Gasteiger partial charge in [0.15, 0.2) is 0 Å². The molecule has 1 aliphatic rings. The Kier molecular flexibility index (Phi) is 7.47. The molecule has 1 fully saturated rings. The first kappa shape index (κ1) is 21.1. The van der Waals surface area contributed by atoms with Gasteiger partial charge in [0.1, 0.15) is 5.82 Å². The van der Waals surface area contributed by atoms with Crippen LogP contribution in [0.5, 0.6) is 0 Å². The number of benzene rings is 1. The van der Waals surface area contributed by atoms with Crippen LogP contribution in [0.4, 0.5) is 11.5 Å². The molecule has 1 aromatic carbocycles. The summed E-state index contributed by atoms with van der Waals surface area (Å²) in [4.78, 5) is 30.6. The van der Waals surface area contributed by atoms with E-state index in [1.165, 1.54) is 6.42 Å². The van der Waals surface area contributed by atoms with Crippen molar-refractivity contribution in [3.63, 3.8) is 0 Å². The molecule has 154 valence electrons. The van der Waals surface area contributed by atoms with Crippen molar-refractivity contribution in [2.45, 2.75) is 45.6 Å². The molecule has 1 aliphatic heterocycles. The monoisotopic (exact) mass is 414 g/mol. The fourth-order valence-corrected chi connectivity index (χ4v) is 3.59. The highest BCUT2D eigenvalue weighted by Gasteiger charge is 2.19. The number of amides is 2. The van der Waals surface area contributed by atoms with Gasteiger partial charge in [-0.1, -0.05) is 30.7 Å². The molecule has 2 aromatic rings. The first-order valence-corrected chi connectivity index (χ1v) is 10.5. The molecule has 2 amide bonds. The van der Waals surface area contributed by atoms with Crippen LogP contribution < -0.4 is 10.6 Å². The highest BCUT2D eigenvalue weighted by molar-refractivity contribution is 6.33. The second-order valence-corrected chi connectivity index (χ2v) is 7.67. The first-order chi connectivity index (χ1) is 14.1. The van der Waals surface area contributed by atoms with Gasteiger partial charge in [-0.15, -0.1) is 0 Å². The molecule has 3 rings (SSSR count). The van der Waals surface area contributed by atoms with Crippen LogP contribution in [0, 0.1) is 0 Å². The second-order valence-electron chi connectivity index (χ2n) is 7.26. The first-order valence-electron chi connectivity index (χ1n) is 10.1. The van der Waals surface area contributed by atoms with Gasteiger partial charge in [0.05, 0.1) is 10.6 Å². The molecule has 0 aliphatic carbocycles. The molecule has 7 heteroatoms. The number of rotatable bonds is 7. The number of carbonyl (C=O) groups is 2.